The summed E-state index contributed by atoms with van der Waals surface area (Å²) >= 11 is 5.93. The Balaban J connectivity index is 1.72. The molecule has 0 N–H and O–H groups in total. The highest BCUT2D eigenvalue weighted by atomic mass is 35.5. The van der Waals surface area contributed by atoms with Gasteiger partial charge in [-0.2, -0.15) is 13.2 Å². The highest BCUT2D eigenvalue weighted by Crippen LogP contribution is 2.39. The molecule has 146 valence electrons. The Morgan fingerprint density at radius 3 is 2.38 bits per heavy atom. The third kappa shape index (κ3) is 4.22. The van der Waals surface area contributed by atoms with E-state index in [9.17, 15) is 13.2 Å². The van der Waals surface area contributed by atoms with Crippen LogP contribution >= 0.6 is 11.6 Å². The quantitative estimate of drug-likeness (QED) is 0.392. The van der Waals surface area contributed by atoms with E-state index in [2.05, 4.69) is 15.2 Å². The van der Waals surface area contributed by atoms with Crippen LogP contribution in [-0.4, -0.2) is 15.2 Å². The van der Waals surface area contributed by atoms with E-state index < -0.39 is 11.7 Å². The summed E-state index contributed by atoms with van der Waals surface area (Å²) in [6.07, 6.45) is -3.69. The number of para-hydroxylation sites is 1. The van der Waals surface area contributed by atoms with Gasteiger partial charge in [0.2, 0.25) is 17.7 Å². The molecule has 0 unspecified atom stereocenters. The number of rotatable bonds is 4. The molecule has 5 nitrogen and oxygen atoms in total. The van der Waals surface area contributed by atoms with E-state index in [1.807, 2.05) is 0 Å². The molecule has 0 spiro atoms. The van der Waals surface area contributed by atoms with Crippen LogP contribution in [0.2, 0.25) is 5.02 Å². The Morgan fingerprint density at radius 1 is 0.897 bits per heavy atom. The largest absolute Gasteiger partial charge is 0.439 e. The Labute approximate surface area is 167 Å². The van der Waals surface area contributed by atoms with Crippen LogP contribution in [0, 0.1) is 0 Å². The molecule has 29 heavy (non-hydrogen) atoms. The van der Waals surface area contributed by atoms with E-state index in [0.717, 1.165) is 12.3 Å². The zero-order valence-corrected chi connectivity index (χ0v) is 15.3. The standard InChI is InChI=1S/C20H11ClF3N3O2/c21-13-6-4-5-12(9-13)18-26-27-19(29-18)15-11-25-17(10-16(15)20(22,23)24)28-14-7-2-1-3-8-14/h1-11H. The molecule has 0 amide bonds. The molecule has 0 radical (unpaired) electrons. The van der Waals surface area contributed by atoms with Crippen molar-refractivity contribution in [3.05, 3.63) is 77.4 Å². The van der Waals surface area contributed by atoms with Crippen LogP contribution in [0.5, 0.6) is 11.6 Å². The molecule has 0 saturated carbocycles. The van der Waals surface area contributed by atoms with Crippen LogP contribution in [-0.2, 0) is 6.18 Å². The third-order valence-electron chi connectivity index (χ3n) is 3.88. The van der Waals surface area contributed by atoms with Crippen molar-refractivity contribution >= 4 is 11.6 Å². The van der Waals surface area contributed by atoms with Crippen molar-refractivity contribution in [1.82, 2.24) is 15.2 Å². The monoisotopic (exact) mass is 417 g/mol. The van der Waals surface area contributed by atoms with Gasteiger partial charge in [0.1, 0.15) is 5.75 Å². The van der Waals surface area contributed by atoms with Crippen molar-refractivity contribution in [1.29, 1.82) is 0 Å². The number of halogens is 4. The van der Waals surface area contributed by atoms with Crippen LogP contribution in [0.3, 0.4) is 0 Å². The van der Waals surface area contributed by atoms with Gasteiger partial charge in [-0.1, -0.05) is 35.9 Å². The predicted molar refractivity (Wildman–Crippen MR) is 99.5 cm³/mol. The second-order valence-corrected chi connectivity index (χ2v) is 6.34. The summed E-state index contributed by atoms with van der Waals surface area (Å²) in [5, 5.41) is 7.99. The molecule has 9 heteroatoms. The maximum atomic E-state index is 13.6. The first-order chi connectivity index (χ1) is 13.9. The minimum Gasteiger partial charge on any atom is -0.439 e. The van der Waals surface area contributed by atoms with Gasteiger partial charge in [-0.05, 0) is 30.3 Å². The lowest BCUT2D eigenvalue weighted by atomic mass is 10.1. The first-order valence-electron chi connectivity index (χ1n) is 8.30. The van der Waals surface area contributed by atoms with E-state index in [0.29, 0.717) is 16.3 Å². The molecule has 0 saturated heterocycles. The maximum absolute atomic E-state index is 13.6. The SMILES string of the molecule is FC(F)(F)c1cc(Oc2ccccc2)ncc1-c1nnc(-c2cccc(Cl)c2)o1. The van der Waals surface area contributed by atoms with Crippen molar-refractivity contribution in [2.45, 2.75) is 6.18 Å². The van der Waals surface area contributed by atoms with Gasteiger partial charge in [-0.3, -0.25) is 0 Å². The van der Waals surface area contributed by atoms with Crippen molar-refractivity contribution in [3.8, 4) is 34.5 Å². The van der Waals surface area contributed by atoms with Gasteiger partial charge in [0.05, 0.1) is 11.1 Å². The van der Waals surface area contributed by atoms with Crippen molar-refractivity contribution in [2.24, 2.45) is 0 Å². The van der Waals surface area contributed by atoms with Crippen molar-refractivity contribution < 1.29 is 22.3 Å². The number of hydrogen-bond acceptors (Lipinski definition) is 5. The number of alkyl halides is 3. The number of pyridine rings is 1. The molecule has 2 aromatic heterocycles. The number of benzene rings is 2. The average Bonchev–Trinajstić information content (AvgIpc) is 3.18. The van der Waals surface area contributed by atoms with E-state index in [4.69, 9.17) is 20.8 Å². The first kappa shape index (κ1) is 18.9. The summed E-state index contributed by atoms with van der Waals surface area (Å²) in [5.74, 6) is -0.116. The second kappa shape index (κ2) is 7.56. The fourth-order valence-electron chi connectivity index (χ4n) is 2.58. The Morgan fingerprint density at radius 2 is 1.66 bits per heavy atom. The van der Waals surface area contributed by atoms with Crippen LogP contribution in [0.1, 0.15) is 5.56 Å². The predicted octanol–water partition coefficient (Wildman–Crippen LogP) is 6.26. The lowest BCUT2D eigenvalue weighted by Crippen LogP contribution is -2.08. The summed E-state index contributed by atoms with van der Waals surface area (Å²) in [4.78, 5) is 3.95. The van der Waals surface area contributed by atoms with E-state index >= 15 is 0 Å². The Bertz CT molecular complexity index is 1150. The number of nitrogens with zero attached hydrogens (tertiary/aromatic N) is 3. The second-order valence-electron chi connectivity index (χ2n) is 5.90. The lowest BCUT2D eigenvalue weighted by molar-refractivity contribution is -0.137. The minimum absolute atomic E-state index is 0.0419. The molecule has 4 aromatic rings. The molecule has 4 rings (SSSR count). The molecule has 2 heterocycles. The first-order valence-corrected chi connectivity index (χ1v) is 8.68. The maximum Gasteiger partial charge on any atom is 0.417 e. The number of hydrogen-bond donors (Lipinski definition) is 0. The highest BCUT2D eigenvalue weighted by Gasteiger charge is 2.36. The summed E-state index contributed by atoms with van der Waals surface area (Å²) in [5.41, 5.74) is -0.861. The number of ether oxygens (including phenoxy) is 1. The smallest absolute Gasteiger partial charge is 0.417 e. The Hall–Kier alpha value is -3.39. The van der Waals surface area contributed by atoms with Gasteiger partial charge in [0.25, 0.3) is 0 Å². The molecular weight excluding hydrogens is 407 g/mol. The third-order valence-corrected chi connectivity index (χ3v) is 4.11. The van der Waals surface area contributed by atoms with Gasteiger partial charge in [-0.25, -0.2) is 4.98 Å². The van der Waals surface area contributed by atoms with Crippen molar-refractivity contribution in [2.75, 3.05) is 0 Å². The van der Waals surface area contributed by atoms with Gasteiger partial charge >= 0.3 is 6.18 Å². The summed E-state index contributed by atoms with van der Waals surface area (Å²) in [7, 11) is 0. The molecule has 0 aliphatic rings. The molecule has 0 aliphatic heterocycles. The topological polar surface area (TPSA) is 61.0 Å². The lowest BCUT2D eigenvalue weighted by Gasteiger charge is -2.12. The fraction of sp³-hybridized carbons (Fsp3) is 0.0500. The normalized spacial score (nSPS) is 11.4. The summed E-state index contributed by atoms with van der Waals surface area (Å²) in [6.45, 7) is 0. The molecular formula is C20H11ClF3N3O2. The fourth-order valence-corrected chi connectivity index (χ4v) is 2.77. The van der Waals surface area contributed by atoms with Crippen LogP contribution in [0.25, 0.3) is 22.9 Å². The Kier molecular flexibility index (Phi) is 4.94. The van der Waals surface area contributed by atoms with Crippen molar-refractivity contribution in [3.63, 3.8) is 0 Å². The highest BCUT2D eigenvalue weighted by molar-refractivity contribution is 6.30. The molecule has 0 atom stereocenters. The van der Waals surface area contributed by atoms with Gasteiger partial charge < -0.3 is 9.15 Å². The minimum atomic E-state index is -4.68. The van der Waals surface area contributed by atoms with E-state index in [1.165, 1.54) is 0 Å². The van der Waals surface area contributed by atoms with Crippen LogP contribution in [0.15, 0.2) is 71.3 Å². The van der Waals surface area contributed by atoms with Gasteiger partial charge in [0.15, 0.2) is 0 Å². The molecule has 2 aromatic carbocycles. The molecule has 0 bridgehead atoms. The number of aromatic nitrogens is 3. The van der Waals surface area contributed by atoms with E-state index in [1.54, 1.807) is 54.6 Å². The van der Waals surface area contributed by atoms with Gasteiger partial charge in [0, 0.05) is 22.8 Å². The van der Waals surface area contributed by atoms with Crippen LogP contribution < -0.4 is 4.74 Å². The van der Waals surface area contributed by atoms with Crippen LogP contribution in [0.4, 0.5) is 13.2 Å². The summed E-state index contributed by atoms with van der Waals surface area (Å²) in [6, 6.07) is 15.7. The average molecular weight is 418 g/mol. The molecule has 0 fully saturated rings. The zero-order valence-electron chi connectivity index (χ0n) is 14.5. The van der Waals surface area contributed by atoms with Gasteiger partial charge in [-0.15, -0.1) is 10.2 Å². The zero-order chi connectivity index (χ0) is 20.4. The summed E-state index contributed by atoms with van der Waals surface area (Å²) < 4.78 is 51.8. The van der Waals surface area contributed by atoms with E-state index in [-0.39, 0.29) is 23.2 Å². The molecule has 0 aliphatic carbocycles.